The van der Waals surface area contributed by atoms with Crippen molar-refractivity contribution in [1.82, 2.24) is 9.36 Å². The zero-order valence-corrected chi connectivity index (χ0v) is 11.8. The molecule has 70 valence electrons. The molecule has 9 heteroatoms. The summed E-state index contributed by atoms with van der Waals surface area (Å²) in [6, 6.07) is 0. The fraction of sp³-hybridized carbons (Fsp3) is 0.200. The molecule has 0 fully saturated rings. The van der Waals surface area contributed by atoms with Crippen LogP contribution in [0.4, 0.5) is 0 Å². The second-order valence-electron chi connectivity index (χ2n) is 1.62. The van der Waals surface area contributed by atoms with Crippen molar-refractivity contribution in [2.45, 2.75) is 12.1 Å². The molecule has 0 N–H and O–H groups in total. The van der Waals surface area contributed by atoms with Gasteiger partial charge < -0.3 is 5.26 Å². The van der Waals surface area contributed by atoms with Crippen molar-refractivity contribution in [2.75, 3.05) is 0 Å². The van der Waals surface area contributed by atoms with Gasteiger partial charge in [0.1, 0.15) is 17.1 Å². The van der Waals surface area contributed by atoms with E-state index in [1.807, 2.05) is 6.92 Å². The van der Waals surface area contributed by atoms with Crippen LogP contribution in [0.2, 0.25) is 0 Å². The van der Waals surface area contributed by atoms with Crippen molar-refractivity contribution in [3.05, 3.63) is 5.01 Å². The Bertz CT molecular complexity index is 324. The maximum Gasteiger partial charge on any atom is 1.00 e. The number of rotatable bonds is 3. The van der Waals surface area contributed by atoms with E-state index in [2.05, 4.69) is 29.2 Å². The van der Waals surface area contributed by atoms with Crippen molar-refractivity contribution in [2.24, 2.45) is 0 Å². The van der Waals surface area contributed by atoms with Gasteiger partial charge in [0.25, 0.3) is 0 Å². The van der Waals surface area contributed by atoms with Crippen LogP contribution in [0.25, 0.3) is 0 Å². The Morgan fingerprint density at radius 1 is 1.50 bits per heavy atom. The summed E-state index contributed by atoms with van der Waals surface area (Å²) in [6.45, 7) is 1.86. The van der Waals surface area contributed by atoms with Gasteiger partial charge >= 0.3 is 29.6 Å². The maximum atomic E-state index is 9.33. The van der Waals surface area contributed by atoms with Gasteiger partial charge in [0.05, 0.1) is 0 Å². The number of nitrogens with zero attached hydrogens (tertiary/aromatic N) is 2. The Morgan fingerprint density at radius 3 is 2.86 bits per heavy atom. The number of thioether (sulfide) groups is 1. The summed E-state index contributed by atoms with van der Waals surface area (Å²) in [5, 5.41) is 18.9. The summed E-state index contributed by atoms with van der Waals surface area (Å²) in [5.74, 6) is 0. The van der Waals surface area contributed by atoms with E-state index < -0.39 is 0 Å². The van der Waals surface area contributed by atoms with Gasteiger partial charge in [-0.3, -0.25) is 5.04 Å². The predicted molar refractivity (Wildman–Crippen MR) is 48.0 cm³/mol. The fourth-order valence-corrected chi connectivity index (χ4v) is 1.77. The molecular weight excluding hydrogens is 255 g/mol. The molecule has 0 aliphatic heterocycles. The van der Waals surface area contributed by atoms with Gasteiger partial charge in [-0.05, 0) is 23.7 Å². The van der Waals surface area contributed by atoms with Gasteiger partial charge in [-0.25, -0.2) is 4.98 Å². The van der Waals surface area contributed by atoms with Crippen LogP contribution in [0.3, 0.4) is 0 Å². The quantitative estimate of drug-likeness (QED) is 0.115. The largest absolute Gasteiger partial charge is 1.00 e. The molecule has 0 aliphatic rings. The molecule has 1 aromatic rings. The Morgan fingerprint density at radius 2 is 2.29 bits per heavy atom. The Labute approximate surface area is 115 Å². The molecule has 1 heterocycles. The molecule has 0 aliphatic carbocycles. The average Bonchev–Trinajstić information content (AvgIpc) is 2.51. The van der Waals surface area contributed by atoms with Crippen LogP contribution in [0.15, 0.2) is 5.16 Å². The topological polar surface area (TPSA) is 67.3 Å². The molecule has 1 aromatic heterocycles. The summed E-state index contributed by atoms with van der Waals surface area (Å²) >= 11 is 3.08. The Hall–Kier alpha value is 0.700. The number of hydrogen-bond acceptors (Lipinski definition) is 8. The molecule has 0 radical (unpaired) electrons. The second kappa shape index (κ2) is 8.96. The third kappa shape index (κ3) is 6.23. The van der Waals surface area contributed by atoms with Crippen LogP contribution < -0.4 is 34.8 Å². The first-order chi connectivity index (χ1) is 6.33. The molecule has 0 aromatic carbocycles. The number of hydrogen-bond donors (Lipinski definition) is 0. The van der Waals surface area contributed by atoms with E-state index in [1.165, 1.54) is 11.5 Å². The Kier molecular flexibility index (Phi) is 9.41. The first-order valence-corrected chi connectivity index (χ1v) is 5.25. The van der Waals surface area contributed by atoms with Crippen LogP contribution in [-0.4, -0.2) is 9.36 Å². The van der Waals surface area contributed by atoms with Crippen molar-refractivity contribution < 1.29 is 44.2 Å². The average molecular weight is 258 g/mol. The van der Waals surface area contributed by atoms with E-state index in [0.717, 1.165) is 16.8 Å². The summed E-state index contributed by atoms with van der Waals surface area (Å²) < 4.78 is 7.89. The van der Waals surface area contributed by atoms with E-state index in [9.17, 15) is 5.26 Å². The first kappa shape index (κ1) is 14.7. The monoisotopic (exact) mass is 258 g/mol. The van der Waals surface area contributed by atoms with Crippen LogP contribution in [-0.2, 0) is 9.37 Å². The SMILES string of the molecule is Cc1nc(SC#CSOO[O-])ns1.[Na+]. The van der Waals surface area contributed by atoms with Crippen LogP contribution in [0.1, 0.15) is 5.01 Å². The maximum absolute atomic E-state index is 9.33. The molecule has 0 bridgehead atoms. The van der Waals surface area contributed by atoms with Gasteiger partial charge in [-0.1, -0.05) is 0 Å². The molecule has 0 saturated heterocycles. The minimum atomic E-state index is 0. The second-order valence-corrected chi connectivity index (χ2v) is 3.86. The van der Waals surface area contributed by atoms with Gasteiger partial charge in [-0.2, -0.15) is 8.71 Å². The van der Waals surface area contributed by atoms with Crippen molar-refractivity contribution in [3.63, 3.8) is 0 Å². The van der Waals surface area contributed by atoms with Crippen molar-refractivity contribution >= 4 is 35.3 Å². The molecule has 0 saturated carbocycles. The molecule has 0 spiro atoms. The van der Waals surface area contributed by atoms with Gasteiger partial charge in [0.15, 0.2) is 0 Å². The van der Waals surface area contributed by atoms with Crippen molar-refractivity contribution in [3.8, 4) is 10.5 Å². The standard InChI is InChI=1S/C5H4N2O3S3.Na/c1-4-6-5(7-13-4)11-2-3-12-10-9-8;/h8H,1H3;/q;+1/p-1. The smallest absolute Gasteiger partial charge is 0.691 e. The van der Waals surface area contributed by atoms with Gasteiger partial charge in [0, 0.05) is 17.0 Å². The van der Waals surface area contributed by atoms with Crippen molar-refractivity contribution in [1.29, 1.82) is 0 Å². The molecule has 0 unspecified atom stereocenters. The van der Waals surface area contributed by atoms with E-state index in [0.29, 0.717) is 17.2 Å². The molecule has 0 atom stereocenters. The van der Waals surface area contributed by atoms with Crippen LogP contribution in [0.5, 0.6) is 0 Å². The number of aromatic nitrogens is 2. The summed E-state index contributed by atoms with van der Waals surface area (Å²) in [5.41, 5.74) is 0. The van der Waals surface area contributed by atoms with Crippen LogP contribution >= 0.6 is 35.3 Å². The minimum Gasteiger partial charge on any atom is -0.691 e. The first-order valence-electron chi connectivity index (χ1n) is 2.92. The Balaban J connectivity index is 0.00000169. The molecule has 0 amide bonds. The fourth-order valence-electron chi connectivity index (χ4n) is 0.436. The minimum absolute atomic E-state index is 0. The zero-order valence-electron chi connectivity index (χ0n) is 7.34. The third-order valence-corrected chi connectivity index (χ3v) is 2.54. The van der Waals surface area contributed by atoms with Gasteiger partial charge in [0.2, 0.25) is 5.16 Å². The normalized spacial score (nSPS) is 8.71. The van der Waals surface area contributed by atoms with E-state index in [-0.39, 0.29) is 29.6 Å². The summed E-state index contributed by atoms with van der Waals surface area (Å²) in [7, 11) is 0. The van der Waals surface area contributed by atoms with E-state index in [4.69, 9.17) is 0 Å². The predicted octanol–water partition coefficient (Wildman–Crippen LogP) is -2.27. The summed E-state index contributed by atoms with van der Waals surface area (Å²) in [4.78, 5) is 4.05. The third-order valence-electron chi connectivity index (χ3n) is 0.796. The zero-order chi connectivity index (χ0) is 9.52. The molecule has 5 nitrogen and oxygen atoms in total. The summed E-state index contributed by atoms with van der Waals surface area (Å²) in [6.07, 6.45) is 0. The molecule has 14 heavy (non-hydrogen) atoms. The van der Waals surface area contributed by atoms with E-state index >= 15 is 0 Å². The molecular formula is C5H3N2NaO3S3. The molecule has 1 rings (SSSR count). The van der Waals surface area contributed by atoms with Crippen LogP contribution in [0, 0.1) is 17.4 Å². The number of aryl methyl sites for hydroxylation is 1. The van der Waals surface area contributed by atoms with Gasteiger partial charge in [-0.15, -0.1) is 0 Å². The van der Waals surface area contributed by atoms with E-state index in [1.54, 1.807) is 0 Å².